The number of likely N-dealkylation sites (tertiary alicyclic amines) is 1. The van der Waals surface area contributed by atoms with Gasteiger partial charge in [-0.2, -0.15) is 26.3 Å². The molecule has 0 spiro atoms. The van der Waals surface area contributed by atoms with Crippen LogP contribution >= 0.6 is 0 Å². The van der Waals surface area contributed by atoms with Crippen LogP contribution in [0.1, 0.15) is 46.0 Å². The van der Waals surface area contributed by atoms with Crippen molar-refractivity contribution in [3.63, 3.8) is 0 Å². The van der Waals surface area contributed by atoms with Crippen molar-refractivity contribution in [2.45, 2.75) is 36.8 Å². The van der Waals surface area contributed by atoms with E-state index in [1.165, 1.54) is 0 Å². The van der Waals surface area contributed by atoms with Crippen LogP contribution in [0.4, 0.5) is 26.3 Å². The van der Waals surface area contributed by atoms with E-state index in [4.69, 9.17) is 9.47 Å². The highest BCUT2D eigenvalue weighted by Crippen LogP contribution is 2.45. The van der Waals surface area contributed by atoms with Gasteiger partial charge in [0.25, 0.3) is 5.91 Å². The van der Waals surface area contributed by atoms with E-state index >= 15 is 0 Å². The van der Waals surface area contributed by atoms with Crippen LogP contribution in [0, 0.1) is 0 Å². The fraction of sp³-hybridized carbons (Fsp3) is 0.458. The van der Waals surface area contributed by atoms with E-state index in [9.17, 15) is 31.1 Å². The first-order chi connectivity index (χ1) is 16.5. The molecule has 0 bridgehead atoms. The maximum absolute atomic E-state index is 13.7. The average molecular weight is 502 g/mol. The zero-order chi connectivity index (χ0) is 25.4. The van der Waals surface area contributed by atoms with Gasteiger partial charge in [0.05, 0.1) is 35.9 Å². The highest BCUT2D eigenvalue weighted by atomic mass is 19.4. The molecule has 190 valence electrons. The number of ether oxygens (including phenoxy) is 2. The number of carbonyl (C=O) groups excluding carboxylic acids is 1. The molecular weight excluding hydrogens is 478 g/mol. The number of halogens is 6. The molecule has 1 N–H and O–H groups in total. The molecule has 2 aromatic carbocycles. The second-order valence-corrected chi connectivity index (χ2v) is 8.68. The van der Waals surface area contributed by atoms with Crippen molar-refractivity contribution in [1.82, 2.24) is 10.2 Å². The van der Waals surface area contributed by atoms with E-state index in [2.05, 4.69) is 10.2 Å². The topological polar surface area (TPSA) is 50.8 Å². The lowest BCUT2D eigenvalue weighted by Gasteiger charge is -2.54. The van der Waals surface area contributed by atoms with Crippen molar-refractivity contribution in [3.8, 4) is 5.75 Å². The molecule has 2 aliphatic rings. The summed E-state index contributed by atoms with van der Waals surface area (Å²) in [5, 5.41) is 2.54. The number of methoxy groups -OCH3 is 1. The molecule has 11 heteroatoms. The minimum Gasteiger partial charge on any atom is -0.496 e. The summed E-state index contributed by atoms with van der Waals surface area (Å²) in [4.78, 5) is 15.2. The standard InChI is InChI=1S/C24H24F6N2O3/c1-34-18-12-16(23(25,26)27)11-17(24(28,29)30)19(18)21(33)31-13-22(32-9-5-6-10-32)14-35-20(22)15-7-3-2-4-8-15/h2-4,7-8,11-12,20H,5-6,9-10,13-14H2,1H3,(H,31,33). The number of benzene rings is 2. The number of nitrogens with zero attached hydrogens (tertiary/aromatic N) is 1. The van der Waals surface area contributed by atoms with Gasteiger partial charge in [-0.3, -0.25) is 9.69 Å². The molecule has 5 nitrogen and oxygen atoms in total. The molecule has 0 aliphatic carbocycles. The second kappa shape index (κ2) is 9.34. The Morgan fingerprint density at radius 2 is 1.74 bits per heavy atom. The van der Waals surface area contributed by atoms with E-state index < -0.39 is 52.3 Å². The first-order valence-corrected chi connectivity index (χ1v) is 11.0. The molecule has 2 atom stereocenters. The molecule has 2 aliphatic heterocycles. The maximum Gasteiger partial charge on any atom is 0.417 e. The first kappa shape index (κ1) is 25.3. The van der Waals surface area contributed by atoms with Crippen LogP contribution in [-0.2, 0) is 17.1 Å². The van der Waals surface area contributed by atoms with E-state index in [1.54, 1.807) is 0 Å². The summed E-state index contributed by atoms with van der Waals surface area (Å²) in [5.74, 6) is -1.97. The monoisotopic (exact) mass is 502 g/mol. The Labute approximate surface area is 198 Å². The summed E-state index contributed by atoms with van der Waals surface area (Å²) >= 11 is 0. The summed E-state index contributed by atoms with van der Waals surface area (Å²) < 4.78 is 91.5. The molecule has 2 saturated heterocycles. The highest BCUT2D eigenvalue weighted by Gasteiger charge is 2.54. The maximum atomic E-state index is 13.7. The smallest absolute Gasteiger partial charge is 0.417 e. The molecule has 0 aromatic heterocycles. The van der Waals surface area contributed by atoms with Gasteiger partial charge in [-0.1, -0.05) is 30.3 Å². The largest absolute Gasteiger partial charge is 0.496 e. The molecule has 2 fully saturated rings. The van der Waals surface area contributed by atoms with Crippen molar-refractivity contribution < 1.29 is 40.6 Å². The van der Waals surface area contributed by atoms with Crippen molar-refractivity contribution >= 4 is 5.91 Å². The van der Waals surface area contributed by atoms with Gasteiger partial charge < -0.3 is 14.8 Å². The molecule has 4 rings (SSSR count). The van der Waals surface area contributed by atoms with E-state index in [0.29, 0.717) is 6.07 Å². The van der Waals surface area contributed by atoms with Crippen molar-refractivity contribution in [2.24, 2.45) is 0 Å². The van der Waals surface area contributed by atoms with Crippen LogP contribution in [0.2, 0.25) is 0 Å². The molecule has 35 heavy (non-hydrogen) atoms. The molecule has 2 heterocycles. The molecule has 2 unspecified atom stereocenters. The Balaban J connectivity index is 1.67. The third-order valence-corrected chi connectivity index (χ3v) is 6.56. The van der Waals surface area contributed by atoms with Crippen LogP contribution in [0.25, 0.3) is 0 Å². The van der Waals surface area contributed by atoms with Crippen LogP contribution < -0.4 is 10.1 Å². The van der Waals surface area contributed by atoms with Gasteiger partial charge >= 0.3 is 12.4 Å². The predicted octanol–water partition coefficient (Wildman–Crippen LogP) is 5.07. The Kier molecular flexibility index (Phi) is 6.76. The van der Waals surface area contributed by atoms with Gasteiger partial charge in [0.15, 0.2) is 0 Å². The minimum absolute atomic E-state index is 0.0487. The fourth-order valence-corrected chi connectivity index (χ4v) is 4.79. The number of carbonyl (C=O) groups is 1. The van der Waals surface area contributed by atoms with Crippen LogP contribution in [0.3, 0.4) is 0 Å². The van der Waals surface area contributed by atoms with Gasteiger partial charge in [0, 0.05) is 6.54 Å². The second-order valence-electron chi connectivity index (χ2n) is 8.68. The zero-order valence-electron chi connectivity index (χ0n) is 18.8. The minimum atomic E-state index is -5.21. The van der Waals surface area contributed by atoms with E-state index in [-0.39, 0.29) is 19.2 Å². The summed E-state index contributed by atoms with van der Waals surface area (Å²) in [7, 11) is 0.920. The first-order valence-electron chi connectivity index (χ1n) is 11.0. The number of hydrogen-bond donors (Lipinski definition) is 1. The Hall–Kier alpha value is -2.79. The highest BCUT2D eigenvalue weighted by molar-refractivity contribution is 5.99. The lowest BCUT2D eigenvalue weighted by Crippen LogP contribution is -2.67. The Morgan fingerprint density at radius 3 is 2.26 bits per heavy atom. The molecule has 2 aromatic rings. The van der Waals surface area contributed by atoms with Gasteiger partial charge in [0.1, 0.15) is 11.9 Å². The summed E-state index contributed by atoms with van der Waals surface area (Å²) in [5.41, 5.74) is -4.07. The van der Waals surface area contributed by atoms with Crippen LogP contribution in [-0.4, -0.2) is 49.7 Å². The van der Waals surface area contributed by atoms with Gasteiger partial charge in [-0.15, -0.1) is 0 Å². The molecular formula is C24H24F6N2O3. The molecule has 1 amide bonds. The summed E-state index contributed by atoms with van der Waals surface area (Å²) in [6, 6.07) is 9.61. The van der Waals surface area contributed by atoms with Gasteiger partial charge in [-0.05, 0) is 43.6 Å². The molecule has 0 radical (unpaired) electrons. The number of nitrogens with one attached hydrogen (secondary N) is 1. The third kappa shape index (κ3) is 4.84. The summed E-state index contributed by atoms with van der Waals surface area (Å²) in [6.45, 7) is 1.68. The lowest BCUT2D eigenvalue weighted by molar-refractivity contribution is -0.199. The van der Waals surface area contributed by atoms with E-state index in [0.717, 1.165) is 38.6 Å². The van der Waals surface area contributed by atoms with Crippen molar-refractivity contribution in [3.05, 3.63) is 64.7 Å². The zero-order valence-corrected chi connectivity index (χ0v) is 18.8. The number of rotatable bonds is 6. The van der Waals surface area contributed by atoms with Crippen molar-refractivity contribution in [1.29, 1.82) is 0 Å². The third-order valence-electron chi connectivity index (χ3n) is 6.56. The summed E-state index contributed by atoms with van der Waals surface area (Å²) in [6.07, 6.45) is -8.81. The normalized spacial score (nSPS) is 23.1. The Morgan fingerprint density at radius 1 is 1.09 bits per heavy atom. The van der Waals surface area contributed by atoms with Gasteiger partial charge in [-0.25, -0.2) is 0 Å². The van der Waals surface area contributed by atoms with Crippen LogP contribution in [0.15, 0.2) is 42.5 Å². The average Bonchev–Trinajstić information content (AvgIpc) is 3.32. The number of alkyl halides is 6. The SMILES string of the molecule is COc1cc(C(F)(F)F)cc(C(F)(F)F)c1C(=O)NCC1(N2CCCC2)COC1c1ccccc1. The number of amides is 1. The predicted molar refractivity (Wildman–Crippen MR) is 114 cm³/mol. The number of hydrogen-bond acceptors (Lipinski definition) is 4. The van der Waals surface area contributed by atoms with Gasteiger partial charge in [0.2, 0.25) is 0 Å². The quantitative estimate of drug-likeness (QED) is 0.561. The lowest BCUT2D eigenvalue weighted by atomic mass is 9.81. The molecule has 0 saturated carbocycles. The Bertz CT molecular complexity index is 1070. The fourth-order valence-electron chi connectivity index (χ4n) is 4.79. The van der Waals surface area contributed by atoms with Crippen molar-refractivity contribution in [2.75, 3.05) is 33.4 Å². The van der Waals surface area contributed by atoms with Crippen LogP contribution in [0.5, 0.6) is 5.75 Å². The van der Waals surface area contributed by atoms with E-state index in [1.807, 2.05) is 30.3 Å².